The van der Waals surface area contributed by atoms with Crippen LogP contribution in [0.4, 0.5) is 0 Å². The second kappa shape index (κ2) is 6.56. The molecule has 1 aliphatic rings. The molecule has 2 aromatic rings. The van der Waals surface area contributed by atoms with Gasteiger partial charge in [-0.15, -0.1) is 11.3 Å². The van der Waals surface area contributed by atoms with Crippen LogP contribution in [0.5, 0.6) is 11.5 Å². The fraction of sp³-hybridized carbons (Fsp3) is 0.278. The molecule has 2 N–H and O–H groups in total. The molecule has 2 heterocycles. The van der Waals surface area contributed by atoms with E-state index < -0.39 is 0 Å². The quantitative estimate of drug-likeness (QED) is 0.828. The van der Waals surface area contributed by atoms with Crippen molar-refractivity contribution in [1.82, 2.24) is 0 Å². The number of phenols is 1. The van der Waals surface area contributed by atoms with Crippen molar-refractivity contribution >= 4 is 23.2 Å². The Morgan fingerprint density at radius 2 is 2.04 bits per heavy atom. The highest BCUT2D eigenvalue weighted by molar-refractivity contribution is 7.10. The van der Waals surface area contributed by atoms with E-state index in [2.05, 4.69) is 13.8 Å². The predicted octanol–water partition coefficient (Wildman–Crippen LogP) is 2.49. The monoisotopic (exact) mass is 330 g/mol. The summed E-state index contributed by atoms with van der Waals surface area (Å²) in [5.41, 5.74) is 1.25. The highest BCUT2D eigenvalue weighted by Crippen LogP contribution is 2.39. The first-order chi connectivity index (χ1) is 11.1. The van der Waals surface area contributed by atoms with Crippen LogP contribution in [-0.2, 0) is 6.54 Å². The molecule has 0 saturated carbocycles. The molecular formula is C18H20NO3S+. The van der Waals surface area contributed by atoms with Crippen LogP contribution in [0.25, 0.3) is 6.08 Å². The molecule has 3 rings (SSSR count). The summed E-state index contributed by atoms with van der Waals surface area (Å²) in [7, 11) is 0. The number of allylic oxidation sites excluding steroid dienone is 1. The van der Waals surface area contributed by atoms with E-state index in [9.17, 15) is 9.90 Å². The first-order valence-corrected chi connectivity index (χ1v) is 8.68. The Kier molecular flexibility index (Phi) is 4.50. The fourth-order valence-electron chi connectivity index (χ4n) is 2.72. The number of hydrogen-bond donors (Lipinski definition) is 2. The largest absolute Gasteiger partial charge is 0.507 e. The first kappa shape index (κ1) is 15.8. The molecule has 0 bridgehead atoms. The molecule has 23 heavy (non-hydrogen) atoms. The molecule has 0 fully saturated rings. The Morgan fingerprint density at radius 3 is 2.70 bits per heavy atom. The molecule has 1 aliphatic heterocycles. The summed E-state index contributed by atoms with van der Waals surface area (Å²) in [5, 5.41) is 12.2. The van der Waals surface area contributed by atoms with Gasteiger partial charge in [0.2, 0.25) is 5.78 Å². The van der Waals surface area contributed by atoms with Crippen LogP contribution in [0, 0.1) is 0 Å². The SMILES string of the molecule is CC[NH+](CC)Cc1c(O)ccc2c1OC(=Cc1cccs1)C2=O. The third-order valence-corrected chi connectivity index (χ3v) is 4.98. The Morgan fingerprint density at radius 1 is 1.26 bits per heavy atom. The van der Waals surface area contributed by atoms with Gasteiger partial charge in [-0.3, -0.25) is 4.79 Å². The Hall–Kier alpha value is -2.11. The lowest BCUT2D eigenvalue weighted by Gasteiger charge is -2.17. The van der Waals surface area contributed by atoms with E-state index in [1.54, 1.807) is 29.5 Å². The number of aromatic hydroxyl groups is 1. The number of thiophene rings is 1. The number of ether oxygens (including phenoxy) is 1. The fourth-order valence-corrected chi connectivity index (χ4v) is 3.37. The number of ketones is 1. The molecule has 0 amide bonds. The van der Waals surface area contributed by atoms with Crippen LogP contribution in [0.15, 0.2) is 35.4 Å². The standard InChI is InChI=1S/C18H19NO3S/c1-3-19(4-2)11-14-15(20)8-7-13-17(21)16(22-18(13)14)10-12-6-5-9-23-12/h5-10,20H,3-4,11H2,1-2H3/p+1. The van der Waals surface area contributed by atoms with Gasteiger partial charge in [0.1, 0.15) is 12.3 Å². The van der Waals surface area contributed by atoms with Crippen LogP contribution >= 0.6 is 11.3 Å². The normalized spacial score (nSPS) is 15.3. The predicted molar refractivity (Wildman–Crippen MR) is 91.1 cm³/mol. The van der Waals surface area contributed by atoms with E-state index in [-0.39, 0.29) is 11.5 Å². The number of nitrogens with one attached hydrogen (secondary N) is 1. The lowest BCUT2D eigenvalue weighted by molar-refractivity contribution is -0.910. The molecule has 5 heteroatoms. The van der Waals surface area contributed by atoms with Crippen LogP contribution in [0.3, 0.4) is 0 Å². The molecule has 1 aromatic carbocycles. The van der Waals surface area contributed by atoms with Gasteiger partial charge in [0.15, 0.2) is 11.5 Å². The van der Waals surface area contributed by atoms with Crippen molar-refractivity contribution in [3.63, 3.8) is 0 Å². The molecule has 0 radical (unpaired) electrons. The minimum atomic E-state index is -0.121. The van der Waals surface area contributed by atoms with Gasteiger partial charge in [-0.1, -0.05) is 6.07 Å². The van der Waals surface area contributed by atoms with Gasteiger partial charge in [0.25, 0.3) is 0 Å². The lowest BCUT2D eigenvalue weighted by Crippen LogP contribution is -3.10. The van der Waals surface area contributed by atoms with Crippen molar-refractivity contribution < 1.29 is 19.5 Å². The van der Waals surface area contributed by atoms with Gasteiger partial charge < -0.3 is 14.7 Å². The summed E-state index contributed by atoms with van der Waals surface area (Å²) in [6.45, 7) is 6.75. The van der Waals surface area contributed by atoms with Gasteiger partial charge >= 0.3 is 0 Å². The van der Waals surface area contributed by atoms with Gasteiger partial charge in [0, 0.05) is 11.0 Å². The molecule has 0 aliphatic carbocycles. The number of benzene rings is 1. The van der Waals surface area contributed by atoms with E-state index in [1.165, 1.54) is 4.90 Å². The smallest absolute Gasteiger partial charge is 0.232 e. The maximum atomic E-state index is 12.5. The van der Waals surface area contributed by atoms with Gasteiger partial charge in [-0.25, -0.2) is 0 Å². The number of quaternary nitrogens is 1. The zero-order chi connectivity index (χ0) is 16.4. The molecule has 4 nitrogen and oxygen atoms in total. The average molecular weight is 330 g/mol. The second-order valence-electron chi connectivity index (χ2n) is 5.53. The molecular weight excluding hydrogens is 310 g/mol. The van der Waals surface area contributed by atoms with Crippen molar-refractivity contribution in [2.75, 3.05) is 13.1 Å². The van der Waals surface area contributed by atoms with Crippen LogP contribution in [0.2, 0.25) is 0 Å². The highest BCUT2D eigenvalue weighted by Gasteiger charge is 2.32. The van der Waals surface area contributed by atoms with E-state index in [0.717, 1.165) is 18.0 Å². The summed E-state index contributed by atoms with van der Waals surface area (Å²) in [6.07, 6.45) is 1.76. The third kappa shape index (κ3) is 3.02. The van der Waals surface area contributed by atoms with Gasteiger partial charge in [-0.2, -0.15) is 0 Å². The number of rotatable bonds is 5. The lowest BCUT2D eigenvalue weighted by atomic mass is 10.0. The number of carbonyl (C=O) groups is 1. The summed E-state index contributed by atoms with van der Waals surface area (Å²) < 4.78 is 5.84. The van der Waals surface area contributed by atoms with Gasteiger partial charge in [0.05, 0.1) is 24.2 Å². The van der Waals surface area contributed by atoms with Gasteiger partial charge in [-0.05, 0) is 37.4 Å². The highest BCUT2D eigenvalue weighted by atomic mass is 32.1. The maximum absolute atomic E-state index is 12.5. The Balaban J connectivity index is 1.98. The Labute approximate surface area is 139 Å². The van der Waals surface area contributed by atoms with Crippen molar-refractivity contribution in [3.05, 3.63) is 51.4 Å². The first-order valence-electron chi connectivity index (χ1n) is 7.80. The van der Waals surface area contributed by atoms with Crippen molar-refractivity contribution in [2.45, 2.75) is 20.4 Å². The zero-order valence-electron chi connectivity index (χ0n) is 13.3. The number of carbonyl (C=O) groups excluding carboxylic acids is 1. The van der Waals surface area contributed by atoms with Crippen LogP contribution in [0.1, 0.15) is 34.6 Å². The minimum Gasteiger partial charge on any atom is -0.507 e. The van der Waals surface area contributed by atoms with Crippen LogP contribution in [-0.4, -0.2) is 24.0 Å². The summed E-state index contributed by atoms with van der Waals surface area (Å²) in [6, 6.07) is 7.11. The molecule has 0 unspecified atom stereocenters. The summed E-state index contributed by atoms with van der Waals surface area (Å²) in [4.78, 5) is 14.8. The number of hydrogen-bond acceptors (Lipinski definition) is 4. The Bertz CT molecular complexity index is 746. The summed E-state index contributed by atoms with van der Waals surface area (Å²) >= 11 is 1.55. The van der Waals surface area contributed by atoms with E-state index >= 15 is 0 Å². The van der Waals surface area contributed by atoms with Crippen molar-refractivity contribution in [2.24, 2.45) is 0 Å². The topological polar surface area (TPSA) is 51.0 Å². The zero-order valence-corrected chi connectivity index (χ0v) is 14.1. The number of phenolic OH excluding ortho intramolecular Hbond substituents is 1. The van der Waals surface area contributed by atoms with Crippen molar-refractivity contribution in [1.29, 1.82) is 0 Å². The second-order valence-corrected chi connectivity index (χ2v) is 6.51. The average Bonchev–Trinajstić information content (AvgIpc) is 3.16. The molecule has 120 valence electrons. The van der Waals surface area contributed by atoms with E-state index in [1.807, 2.05) is 17.5 Å². The third-order valence-electron chi connectivity index (χ3n) is 4.16. The molecule has 0 saturated heterocycles. The number of fused-ring (bicyclic) bond motifs is 1. The number of Topliss-reactive ketones (excluding diaryl/α,β-unsaturated/α-hetero) is 1. The molecule has 1 aromatic heterocycles. The maximum Gasteiger partial charge on any atom is 0.232 e. The van der Waals surface area contributed by atoms with Crippen LogP contribution < -0.4 is 9.64 Å². The van der Waals surface area contributed by atoms with Crippen molar-refractivity contribution in [3.8, 4) is 11.5 Å². The van der Waals surface area contributed by atoms with E-state index in [4.69, 9.17) is 4.74 Å². The summed E-state index contributed by atoms with van der Waals surface area (Å²) in [5.74, 6) is 0.901. The molecule has 0 spiro atoms. The minimum absolute atomic E-state index is 0.121. The van der Waals surface area contributed by atoms with E-state index in [0.29, 0.717) is 29.2 Å². The molecule has 0 atom stereocenters.